The van der Waals surface area contributed by atoms with Gasteiger partial charge in [-0.25, -0.2) is 4.79 Å². The Labute approximate surface area is 116 Å². The minimum absolute atomic E-state index is 0.0722. The number of amides is 1. The number of likely N-dealkylation sites (N-methyl/N-ethyl adjacent to an activating group) is 1. The van der Waals surface area contributed by atoms with Crippen molar-refractivity contribution in [3.05, 3.63) is 28.8 Å². The molecule has 0 aliphatic heterocycles. The van der Waals surface area contributed by atoms with Crippen molar-refractivity contribution in [1.29, 1.82) is 0 Å². The third-order valence-electron chi connectivity index (χ3n) is 2.70. The molecule has 1 amide bonds. The van der Waals surface area contributed by atoms with Crippen molar-refractivity contribution in [2.24, 2.45) is 0 Å². The summed E-state index contributed by atoms with van der Waals surface area (Å²) in [5.74, 6) is -0.949. The van der Waals surface area contributed by atoms with Crippen LogP contribution in [0, 0.1) is 0 Å². The number of benzene rings is 1. The molecule has 5 nitrogen and oxygen atoms in total. The predicted molar refractivity (Wildman–Crippen MR) is 71.8 cm³/mol. The Morgan fingerprint density at radius 2 is 2.05 bits per heavy atom. The van der Waals surface area contributed by atoms with E-state index in [0.29, 0.717) is 0 Å². The number of carbonyl (C=O) groups is 2. The van der Waals surface area contributed by atoms with Gasteiger partial charge >= 0.3 is 5.97 Å². The number of nitrogens with zero attached hydrogens (tertiary/aromatic N) is 1. The maximum absolute atomic E-state index is 11.7. The molecule has 0 saturated heterocycles. The molecule has 104 valence electrons. The standard InChI is InChI=1S/C13H16ClNO4/c1-8(2)15(3)12(16)7-19-11-5-4-9(13(17)18)6-10(11)14/h4-6,8H,7H2,1-3H3,(H,17,18). The van der Waals surface area contributed by atoms with E-state index in [-0.39, 0.29) is 34.9 Å². The van der Waals surface area contributed by atoms with Crippen molar-refractivity contribution in [1.82, 2.24) is 4.90 Å². The largest absolute Gasteiger partial charge is 0.482 e. The summed E-state index contributed by atoms with van der Waals surface area (Å²) in [6.07, 6.45) is 0. The number of aromatic carboxylic acids is 1. The van der Waals surface area contributed by atoms with Crippen LogP contribution in [-0.4, -0.2) is 41.6 Å². The first kappa shape index (κ1) is 15.3. The molecule has 0 fully saturated rings. The smallest absolute Gasteiger partial charge is 0.335 e. The van der Waals surface area contributed by atoms with Gasteiger partial charge in [-0.05, 0) is 32.0 Å². The molecular weight excluding hydrogens is 270 g/mol. The van der Waals surface area contributed by atoms with Crippen molar-refractivity contribution in [3.8, 4) is 5.75 Å². The van der Waals surface area contributed by atoms with E-state index in [1.807, 2.05) is 13.8 Å². The Morgan fingerprint density at radius 3 is 2.53 bits per heavy atom. The fourth-order valence-corrected chi connectivity index (χ4v) is 1.52. The van der Waals surface area contributed by atoms with Crippen LogP contribution < -0.4 is 4.74 Å². The first-order valence-electron chi connectivity index (χ1n) is 5.74. The third kappa shape index (κ3) is 4.13. The lowest BCUT2D eigenvalue weighted by molar-refractivity contribution is -0.133. The third-order valence-corrected chi connectivity index (χ3v) is 2.99. The van der Waals surface area contributed by atoms with Gasteiger partial charge in [0.25, 0.3) is 5.91 Å². The molecule has 0 saturated carbocycles. The van der Waals surface area contributed by atoms with Crippen LogP contribution in [0.25, 0.3) is 0 Å². The topological polar surface area (TPSA) is 66.8 Å². The molecule has 19 heavy (non-hydrogen) atoms. The molecule has 0 radical (unpaired) electrons. The molecule has 1 N–H and O–H groups in total. The van der Waals surface area contributed by atoms with Gasteiger partial charge in [-0.3, -0.25) is 4.79 Å². The van der Waals surface area contributed by atoms with Crippen molar-refractivity contribution in [2.75, 3.05) is 13.7 Å². The van der Waals surface area contributed by atoms with Crippen LogP contribution in [0.2, 0.25) is 5.02 Å². The average Bonchev–Trinajstić information content (AvgIpc) is 2.35. The molecular formula is C13H16ClNO4. The van der Waals surface area contributed by atoms with E-state index < -0.39 is 5.97 Å². The minimum atomic E-state index is -1.07. The highest BCUT2D eigenvalue weighted by Gasteiger charge is 2.14. The van der Waals surface area contributed by atoms with E-state index in [4.69, 9.17) is 21.4 Å². The summed E-state index contributed by atoms with van der Waals surface area (Å²) in [5.41, 5.74) is 0.0722. The van der Waals surface area contributed by atoms with Crippen molar-refractivity contribution < 1.29 is 19.4 Å². The molecule has 0 spiro atoms. The summed E-state index contributed by atoms with van der Waals surface area (Å²) >= 11 is 5.89. The summed E-state index contributed by atoms with van der Waals surface area (Å²) in [6.45, 7) is 3.65. The molecule has 0 unspecified atom stereocenters. The number of hydrogen-bond donors (Lipinski definition) is 1. The van der Waals surface area contributed by atoms with Crippen molar-refractivity contribution in [3.63, 3.8) is 0 Å². The second kappa shape index (κ2) is 6.43. The molecule has 1 aromatic rings. The number of ether oxygens (including phenoxy) is 1. The average molecular weight is 286 g/mol. The van der Waals surface area contributed by atoms with Gasteiger partial charge in [-0.15, -0.1) is 0 Å². The number of carbonyl (C=O) groups excluding carboxylic acids is 1. The molecule has 0 aliphatic carbocycles. The summed E-state index contributed by atoms with van der Waals surface area (Å²) in [5, 5.41) is 8.96. The lowest BCUT2D eigenvalue weighted by Gasteiger charge is -2.21. The Hall–Kier alpha value is -1.75. The molecule has 6 heteroatoms. The van der Waals surface area contributed by atoms with Crippen LogP contribution in [0.15, 0.2) is 18.2 Å². The van der Waals surface area contributed by atoms with E-state index >= 15 is 0 Å². The van der Waals surface area contributed by atoms with Crippen LogP contribution in [0.5, 0.6) is 5.75 Å². The van der Waals surface area contributed by atoms with Gasteiger partial charge in [-0.1, -0.05) is 11.6 Å². The van der Waals surface area contributed by atoms with E-state index in [1.54, 1.807) is 11.9 Å². The van der Waals surface area contributed by atoms with Gasteiger partial charge in [0.05, 0.1) is 10.6 Å². The highest BCUT2D eigenvalue weighted by molar-refractivity contribution is 6.32. The second-order valence-electron chi connectivity index (χ2n) is 4.34. The van der Waals surface area contributed by atoms with E-state index in [1.165, 1.54) is 18.2 Å². The zero-order valence-corrected chi connectivity index (χ0v) is 11.8. The maximum atomic E-state index is 11.7. The van der Waals surface area contributed by atoms with Gasteiger partial charge in [-0.2, -0.15) is 0 Å². The molecule has 0 atom stereocenters. The van der Waals surface area contributed by atoms with Gasteiger partial charge < -0.3 is 14.7 Å². The molecule has 0 aliphatic rings. The van der Waals surface area contributed by atoms with Gasteiger partial charge in [0, 0.05) is 13.1 Å². The highest BCUT2D eigenvalue weighted by Crippen LogP contribution is 2.25. The van der Waals surface area contributed by atoms with Crippen LogP contribution in [-0.2, 0) is 4.79 Å². The SMILES string of the molecule is CC(C)N(C)C(=O)COc1ccc(C(=O)O)cc1Cl. The maximum Gasteiger partial charge on any atom is 0.335 e. The van der Waals surface area contributed by atoms with E-state index in [2.05, 4.69) is 0 Å². The Balaban J connectivity index is 2.69. The van der Waals surface area contributed by atoms with E-state index in [0.717, 1.165) is 0 Å². The number of hydrogen-bond acceptors (Lipinski definition) is 3. The fourth-order valence-electron chi connectivity index (χ4n) is 1.28. The van der Waals surface area contributed by atoms with Crippen LogP contribution >= 0.6 is 11.6 Å². The summed E-state index contributed by atoms with van der Waals surface area (Å²) in [6, 6.07) is 4.19. The Bertz CT molecular complexity index is 488. The van der Waals surface area contributed by atoms with Crippen LogP contribution in [0.3, 0.4) is 0 Å². The van der Waals surface area contributed by atoms with Gasteiger partial charge in [0.15, 0.2) is 6.61 Å². The Kier molecular flexibility index (Phi) is 5.18. The molecule has 1 rings (SSSR count). The number of rotatable bonds is 5. The second-order valence-corrected chi connectivity index (χ2v) is 4.74. The number of halogens is 1. The molecule has 0 bridgehead atoms. The summed E-state index contributed by atoms with van der Waals surface area (Å²) < 4.78 is 5.29. The first-order chi connectivity index (χ1) is 8.82. The highest BCUT2D eigenvalue weighted by atomic mass is 35.5. The lowest BCUT2D eigenvalue weighted by Crippen LogP contribution is -2.36. The fraction of sp³-hybridized carbons (Fsp3) is 0.385. The first-order valence-corrected chi connectivity index (χ1v) is 6.12. The normalized spacial score (nSPS) is 10.4. The predicted octanol–water partition coefficient (Wildman–Crippen LogP) is 2.28. The van der Waals surface area contributed by atoms with Crippen molar-refractivity contribution >= 4 is 23.5 Å². The molecule has 0 aromatic heterocycles. The Morgan fingerprint density at radius 1 is 1.42 bits per heavy atom. The molecule has 1 aromatic carbocycles. The lowest BCUT2D eigenvalue weighted by atomic mass is 10.2. The van der Waals surface area contributed by atoms with Crippen LogP contribution in [0.4, 0.5) is 0 Å². The summed E-state index contributed by atoms with van der Waals surface area (Å²) in [7, 11) is 1.69. The quantitative estimate of drug-likeness (QED) is 0.901. The monoisotopic (exact) mass is 285 g/mol. The summed E-state index contributed by atoms with van der Waals surface area (Å²) in [4.78, 5) is 24.0. The zero-order chi connectivity index (χ0) is 14.6. The zero-order valence-electron chi connectivity index (χ0n) is 11.0. The van der Waals surface area contributed by atoms with Crippen molar-refractivity contribution in [2.45, 2.75) is 19.9 Å². The molecule has 0 heterocycles. The minimum Gasteiger partial charge on any atom is -0.482 e. The van der Waals surface area contributed by atoms with Crippen LogP contribution in [0.1, 0.15) is 24.2 Å². The van der Waals surface area contributed by atoms with Gasteiger partial charge in [0.1, 0.15) is 5.75 Å². The number of carboxylic acids is 1. The van der Waals surface area contributed by atoms with E-state index in [9.17, 15) is 9.59 Å². The van der Waals surface area contributed by atoms with Gasteiger partial charge in [0.2, 0.25) is 0 Å². The number of carboxylic acid groups (broad SMARTS) is 1.